The molecular weight excluding hydrogens is 242 g/mol. The van der Waals surface area contributed by atoms with E-state index in [0.717, 1.165) is 24.5 Å². The topological polar surface area (TPSA) is 37.0 Å². The highest BCUT2D eigenvalue weighted by Gasteiger charge is 2.19. The molecule has 3 rings (SSSR count). The normalized spacial score (nSPS) is 17.5. The van der Waals surface area contributed by atoms with Crippen LogP contribution in [-0.4, -0.2) is 17.6 Å². The van der Waals surface area contributed by atoms with Gasteiger partial charge in [-0.05, 0) is 25.0 Å². The van der Waals surface area contributed by atoms with Gasteiger partial charge in [-0.15, -0.1) is 11.3 Å². The Morgan fingerprint density at radius 3 is 3.11 bits per heavy atom. The smallest absolute Gasteiger partial charge is 0.0897 e. The molecule has 4 heteroatoms. The van der Waals surface area contributed by atoms with Crippen LogP contribution in [-0.2, 0) is 13.0 Å². The van der Waals surface area contributed by atoms with Gasteiger partial charge in [0.1, 0.15) is 0 Å². The number of thiazole rings is 1. The molecule has 0 bridgehead atoms. The van der Waals surface area contributed by atoms with Crippen molar-refractivity contribution in [3.8, 4) is 0 Å². The number of hydrogen-bond acceptors (Lipinski definition) is 4. The number of nitrogens with one attached hydrogen (secondary N) is 2. The first-order valence-corrected chi connectivity index (χ1v) is 7.09. The van der Waals surface area contributed by atoms with E-state index in [1.807, 2.05) is 13.1 Å². The highest BCUT2D eigenvalue weighted by Crippen LogP contribution is 2.24. The summed E-state index contributed by atoms with van der Waals surface area (Å²) in [6.07, 6.45) is 3.08. The Morgan fingerprint density at radius 1 is 1.44 bits per heavy atom. The first kappa shape index (κ1) is 11.7. The van der Waals surface area contributed by atoms with E-state index in [1.165, 1.54) is 16.1 Å². The van der Waals surface area contributed by atoms with E-state index in [4.69, 9.17) is 0 Å². The zero-order valence-corrected chi connectivity index (χ0v) is 11.3. The van der Waals surface area contributed by atoms with Gasteiger partial charge >= 0.3 is 0 Å². The molecular formula is C14H17N3S. The quantitative estimate of drug-likeness (QED) is 0.886. The van der Waals surface area contributed by atoms with E-state index in [2.05, 4.69) is 39.9 Å². The fourth-order valence-corrected chi connectivity index (χ4v) is 3.12. The molecule has 94 valence electrons. The van der Waals surface area contributed by atoms with Gasteiger partial charge in [-0.3, -0.25) is 0 Å². The lowest BCUT2D eigenvalue weighted by Crippen LogP contribution is -2.30. The van der Waals surface area contributed by atoms with Crippen LogP contribution >= 0.6 is 11.3 Å². The second kappa shape index (κ2) is 5.08. The van der Waals surface area contributed by atoms with Crippen molar-refractivity contribution in [3.05, 3.63) is 45.9 Å². The summed E-state index contributed by atoms with van der Waals surface area (Å²) in [7, 11) is 0. The molecule has 0 fully saturated rings. The van der Waals surface area contributed by atoms with Crippen LogP contribution in [0.1, 0.15) is 15.4 Å². The monoisotopic (exact) mass is 259 g/mol. The third-order valence-electron chi connectivity index (χ3n) is 3.20. The van der Waals surface area contributed by atoms with Crippen molar-refractivity contribution in [1.82, 2.24) is 10.3 Å². The molecule has 0 spiro atoms. The predicted octanol–water partition coefficient (Wildman–Crippen LogP) is 2.58. The van der Waals surface area contributed by atoms with E-state index in [1.54, 1.807) is 11.3 Å². The van der Waals surface area contributed by atoms with Crippen molar-refractivity contribution >= 4 is 17.0 Å². The van der Waals surface area contributed by atoms with Crippen LogP contribution in [0.5, 0.6) is 0 Å². The summed E-state index contributed by atoms with van der Waals surface area (Å²) in [5, 5.41) is 8.19. The molecule has 0 radical (unpaired) electrons. The summed E-state index contributed by atoms with van der Waals surface area (Å²) in [5.74, 6) is 0. The number of hydrogen-bond donors (Lipinski definition) is 2. The van der Waals surface area contributed by atoms with E-state index in [9.17, 15) is 0 Å². The highest BCUT2D eigenvalue weighted by molar-refractivity contribution is 7.11. The van der Waals surface area contributed by atoms with Crippen molar-refractivity contribution in [2.45, 2.75) is 25.9 Å². The van der Waals surface area contributed by atoms with Crippen LogP contribution in [0.2, 0.25) is 0 Å². The number of para-hydroxylation sites is 1. The van der Waals surface area contributed by atoms with E-state index in [-0.39, 0.29) is 0 Å². The highest BCUT2D eigenvalue weighted by atomic mass is 32.1. The molecule has 1 unspecified atom stereocenters. The standard InChI is InChI=1S/C14H17N3S/c1-10-16-9-13(18-10)8-15-7-12-6-11-4-2-3-5-14(11)17-12/h2-5,9,12,15,17H,6-8H2,1H3. The Labute approximate surface area is 111 Å². The fourth-order valence-electron chi connectivity index (χ4n) is 2.36. The zero-order valence-electron chi connectivity index (χ0n) is 10.4. The predicted molar refractivity (Wildman–Crippen MR) is 76.1 cm³/mol. The fraction of sp³-hybridized carbons (Fsp3) is 0.357. The summed E-state index contributed by atoms with van der Waals surface area (Å²) in [6.45, 7) is 3.95. The third-order valence-corrected chi connectivity index (χ3v) is 4.12. The van der Waals surface area contributed by atoms with Crippen LogP contribution in [0.3, 0.4) is 0 Å². The molecule has 1 aromatic carbocycles. The summed E-state index contributed by atoms with van der Waals surface area (Å²) >= 11 is 1.76. The average molecular weight is 259 g/mol. The van der Waals surface area contributed by atoms with Gasteiger partial charge in [-0.25, -0.2) is 4.98 Å². The van der Waals surface area contributed by atoms with Crippen LogP contribution in [0.25, 0.3) is 0 Å². The van der Waals surface area contributed by atoms with Gasteiger partial charge in [0.15, 0.2) is 0 Å². The van der Waals surface area contributed by atoms with Gasteiger partial charge in [0.2, 0.25) is 0 Å². The molecule has 0 saturated heterocycles. The Morgan fingerprint density at radius 2 is 2.33 bits per heavy atom. The largest absolute Gasteiger partial charge is 0.380 e. The minimum absolute atomic E-state index is 0.511. The Kier molecular flexibility index (Phi) is 3.30. The summed E-state index contributed by atoms with van der Waals surface area (Å²) in [4.78, 5) is 5.57. The maximum Gasteiger partial charge on any atom is 0.0897 e. The van der Waals surface area contributed by atoms with Crippen molar-refractivity contribution in [2.24, 2.45) is 0 Å². The first-order chi connectivity index (χ1) is 8.81. The summed E-state index contributed by atoms with van der Waals surface area (Å²) in [5.41, 5.74) is 2.72. The summed E-state index contributed by atoms with van der Waals surface area (Å²) < 4.78 is 0. The maximum absolute atomic E-state index is 4.26. The Balaban J connectivity index is 1.48. The molecule has 0 saturated carbocycles. The lowest BCUT2D eigenvalue weighted by atomic mass is 10.1. The van der Waals surface area contributed by atoms with Gasteiger partial charge in [0, 0.05) is 35.9 Å². The SMILES string of the molecule is Cc1ncc(CNCC2Cc3ccccc3N2)s1. The molecule has 1 aromatic heterocycles. The van der Waals surface area contributed by atoms with E-state index < -0.39 is 0 Å². The van der Waals surface area contributed by atoms with Gasteiger partial charge in [0.25, 0.3) is 0 Å². The Bertz CT molecular complexity index is 510. The Hall–Kier alpha value is -1.39. The summed E-state index contributed by atoms with van der Waals surface area (Å²) in [6, 6.07) is 9.06. The number of fused-ring (bicyclic) bond motifs is 1. The molecule has 0 amide bonds. The van der Waals surface area contributed by atoms with Crippen molar-refractivity contribution in [1.29, 1.82) is 0 Å². The second-order valence-electron chi connectivity index (χ2n) is 4.68. The molecule has 1 aliphatic rings. The van der Waals surface area contributed by atoms with E-state index >= 15 is 0 Å². The molecule has 0 aliphatic carbocycles. The minimum Gasteiger partial charge on any atom is -0.380 e. The van der Waals surface area contributed by atoms with Gasteiger partial charge in [0.05, 0.1) is 5.01 Å². The average Bonchev–Trinajstić information content (AvgIpc) is 2.95. The minimum atomic E-state index is 0.511. The lowest BCUT2D eigenvalue weighted by Gasteiger charge is -2.11. The van der Waals surface area contributed by atoms with Crippen LogP contribution in [0.15, 0.2) is 30.5 Å². The molecule has 2 aromatic rings. The van der Waals surface area contributed by atoms with E-state index in [0.29, 0.717) is 6.04 Å². The van der Waals surface area contributed by atoms with Crippen LogP contribution < -0.4 is 10.6 Å². The molecule has 2 heterocycles. The molecule has 18 heavy (non-hydrogen) atoms. The molecule has 1 atom stereocenters. The number of aromatic nitrogens is 1. The number of rotatable bonds is 4. The molecule has 1 aliphatic heterocycles. The first-order valence-electron chi connectivity index (χ1n) is 6.28. The van der Waals surface area contributed by atoms with Gasteiger partial charge < -0.3 is 10.6 Å². The number of aryl methyl sites for hydroxylation is 1. The van der Waals surface area contributed by atoms with Crippen LogP contribution in [0, 0.1) is 6.92 Å². The van der Waals surface area contributed by atoms with Crippen molar-refractivity contribution in [3.63, 3.8) is 0 Å². The molecule has 3 nitrogen and oxygen atoms in total. The van der Waals surface area contributed by atoms with Crippen LogP contribution in [0.4, 0.5) is 5.69 Å². The lowest BCUT2D eigenvalue weighted by molar-refractivity contribution is 0.618. The second-order valence-corrected chi connectivity index (χ2v) is 6.00. The van der Waals surface area contributed by atoms with Crippen molar-refractivity contribution < 1.29 is 0 Å². The molecule has 2 N–H and O–H groups in total. The van der Waals surface area contributed by atoms with Crippen molar-refractivity contribution in [2.75, 3.05) is 11.9 Å². The zero-order chi connectivity index (χ0) is 12.4. The maximum atomic E-state index is 4.26. The number of benzene rings is 1. The third kappa shape index (κ3) is 2.54. The van der Waals surface area contributed by atoms with Gasteiger partial charge in [-0.1, -0.05) is 18.2 Å². The van der Waals surface area contributed by atoms with Gasteiger partial charge in [-0.2, -0.15) is 0 Å². The number of nitrogens with zero attached hydrogens (tertiary/aromatic N) is 1. The number of anilines is 1.